The van der Waals surface area contributed by atoms with E-state index < -0.39 is 40.6 Å². The van der Waals surface area contributed by atoms with Crippen LogP contribution in [-0.4, -0.2) is 82.5 Å². The number of anilines is 1. The molecule has 0 radical (unpaired) electrons. The zero-order valence-electron chi connectivity index (χ0n) is 20.4. The second-order valence-corrected chi connectivity index (χ2v) is 9.93. The van der Waals surface area contributed by atoms with E-state index in [4.69, 9.17) is 5.73 Å². The summed E-state index contributed by atoms with van der Waals surface area (Å²) in [6, 6.07) is -1.06. The summed E-state index contributed by atoms with van der Waals surface area (Å²) in [7, 11) is 2.63. The van der Waals surface area contributed by atoms with Gasteiger partial charge in [0.1, 0.15) is 18.5 Å². The van der Waals surface area contributed by atoms with E-state index in [-0.39, 0.29) is 98.1 Å². The van der Waals surface area contributed by atoms with Crippen molar-refractivity contribution in [2.45, 2.75) is 16.6 Å². The van der Waals surface area contributed by atoms with Gasteiger partial charge in [-0.15, -0.1) is 11.8 Å². The topological polar surface area (TPSA) is 234 Å². The Bertz CT molecular complexity index is 1380. The SMILES string of the molecule is CON=C(C(=O)NC1C(=O)N2C(C(=O)[O-])=C(CSc3nc(=O)c([O-])nn3C)CS[C@H]12)c1nsc(N)n1.[Na+].[Na+]. The monoisotopic (exact) mass is 599 g/mol. The van der Waals surface area contributed by atoms with Crippen molar-refractivity contribution in [1.29, 1.82) is 0 Å². The number of aryl methyl sites for hydroxylation is 1. The first-order valence-corrected chi connectivity index (χ1v) is 12.6. The molecule has 1 unspecified atom stereocenters. The predicted molar refractivity (Wildman–Crippen MR) is 122 cm³/mol. The minimum absolute atomic E-state index is 0. The fourth-order valence-electron chi connectivity index (χ4n) is 3.31. The first-order chi connectivity index (χ1) is 17.1. The van der Waals surface area contributed by atoms with Crippen molar-refractivity contribution in [3.05, 3.63) is 27.4 Å². The Morgan fingerprint density at radius 1 is 1.32 bits per heavy atom. The third kappa shape index (κ3) is 6.53. The average Bonchev–Trinajstić information content (AvgIpc) is 3.27. The molecule has 0 aliphatic carbocycles. The Labute approximate surface area is 270 Å². The molecule has 1 saturated heterocycles. The number of rotatable bonds is 8. The number of nitrogens with two attached hydrogens (primary N) is 1. The Kier molecular flexibility index (Phi) is 11.6. The van der Waals surface area contributed by atoms with Gasteiger partial charge in [0.25, 0.3) is 17.4 Å². The van der Waals surface area contributed by atoms with Crippen molar-refractivity contribution in [3.8, 4) is 5.88 Å². The molecule has 21 heteroatoms. The van der Waals surface area contributed by atoms with Crippen LogP contribution in [0.3, 0.4) is 0 Å². The van der Waals surface area contributed by atoms with Gasteiger partial charge in [-0.1, -0.05) is 16.9 Å². The standard InChI is InChI=1S/C17H17N9O7S3.2Na/c1-25-17(21-11(28)12(29)22-25)35-4-5-3-34-14-7(13(30)26(14)8(5)15(31)32)19-10(27)6(23-33-2)9-20-16(18)36-24-9;;/h7,14H,3-4H2,1-2H3,(H,19,27)(H,22,29)(H,31,32)(H2,18,20,24);;/q;2*+1/p-2/t7?,14-;;/m1../s1. The maximum atomic E-state index is 12.9. The van der Waals surface area contributed by atoms with Crippen LogP contribution < -0.4 is 85.9 Å². The number of oxime groups is 1. The molecule has 1 fully saturated rings. The quantitative estimate of drug-likeness (QED) is 0.0943. The molecule has 4 heterocycles. The van der Waals surface area contributed by atoms with Gasteiger partial charge in [0.15, 0.2) is 10.3 Å². The van der Waals surface area contributed by atoms with Crippen LogP contribution in [0.25, 0.3) is 0 Å². The zero-order valence-corrected chi connectivity index (χ0v) is 26.8. The van der Waals surface area contributed by atoms with Crippen LogP contribution in [0.1, 0.15) is 5.82 Å². The van der Waals surface area contributed by atoms with Crippen LogP contribution >= 0.6 is 35.1 Å². The van der Waals surface area contributed by atoms with Gasteiger partial charge in [0.2, 0.25) is 11.5 Å². The Morgan fingerprint density at radius 2 is 2.03 bits per heavy atom. The van der Waals surface area contributed by atoms with E-state index in [2.05, 4.69) is 34.8 Å². The van der Waals surface area contributed by atoms with Gasteiger partial charge in [0, 0.05) is 30.1 Å². The number of carboxylic acid groups (broad SMARTS) is 1. The van der Waals surface area contributed by atoms with E-state index in [0.717, 1.165) is 32.9 Å². The number of nitrogen functional groups attached to an aromatic ring is 1. The molecule has 4 rings (SSSR count). The van der Waals surface area contributed by atoms with Gasteiger partial charge in [0.05, 0.1) is 17.5 Å². The molecule has 0 bridgehead atoms. The normalized spacial score (nSPS) is 18.5. The van der Waals surface area contributed by atoms with Crippen LogP contribution in [-0.2, 0) is 26.3 Å². The van der Waals surface area contributed by atoms with E-state index in [1.807, 2.05) is 0 Å². The second kappa shape index (κ2) is 13.6. The summed E-state index contributed by atoms with van der Waals surface area (Å²) < 4.78 is 5.01. The van der Waals surface area contributed by atoms with Crippen LogP contribution in [0.4, 0.5) is 5.13 Å². The number of nitrogens with one attached hydrogen (secondary N) is 1. The van der Waals surface area contributed by atoms with Gasteiger partial charge in [-0.05, 0) is 5.57 Å². The molecule has 2 aliphatic heterocycles. The van der Waals surface area contributed by atoms with E-state index in [9.17, 15) is 29.4 Å². The number of fused-ring (bicyclic) bond motifs is 1. The molecule has 2 amide bonds. The number of aliphatic carboxylic acids is 1. The number of carbonyl (C=O) groups excluding carboxylic acids is 3. The summed E-state index contributed by atoms with van der Waals surface area (Å²) in [6.07, 6.45) is 0. The summed E-state index contributed by atoms with van der Waals surface area (Å²) in [5.41, 5.74) is 4.21. The van der Waals surface area contributed by atoms with E-state index >= 15 is 0 Å². The third-order valence-electron chi connectivity index (χ3n) is 4.85. The largest absolute Gasteiger partial charge is 1.00 e. The fourth-order valence-corrected chi connectivity index (χ4v) is 6.13. The Hall–Kier alpha value is -1.71. The number of aromatic nitrogens is 5. The molecule has 190 valence electrons. The average molecular weight is 600 g/mol. The molecule has 38 heavy (non-hydrogen) atoms. The Morgan fingerprint density at radius 3 is 2.63 bits per heavy atom. The molecule has 2 aromatic rings. The number of carboxylic acids is 1. The van der Waals surface area contributed by atoms with Crippen molar-refractivity contribution >= 4 is 63.7 Å². The molecule has 3 N–H and O–H groups in total. The van der Waals surface area contributed by atoms with Crippen LogP contribution in [0.15, 0.2) is 26.4 Å². The Balaban J connectivity index is 0.00000253. The first kappa shape index (κ1) is 32.5. The van der Waals surface area contributed by atoms with Crippen LogP contribution in [0, 0.1) is 0 Å². The number of thioether (sulfide) groups is 2. The van der Waals surface area contributed by atoms with E-state index in [0.29, 0.717) is 5.57 Å². The number of hydrogen-bond acceptors (Lipinski definition) is 16. The van der Waals surface area contributed by atoms with Crippen molar-refractivity contribution in [3.63, 3.8) is 0 Å². The summed E-state index contributed by atoms with van der Waals surface area (Å²) in [5.74, 6) is -3.95. The maximum absolute atomic E-state index is 12.9. The van der Waals surface area contributed by atoms with Crippen LogP contribution in [0.5, 0.6) is 5.88 Å². The minimum atomic E-state index is -1.58. The molecular formula is C17H15N9Na2O7S3. The fraction of sp³-hybridized carbons (Fsp3) is 0.353. The smallest absolute Gasteiger partial charge is 0.854 e. The molecule has 2 aliphatic rings. The van der Waals surface area contributed by atoms with Crippen molar-refractivity contribution in [2.75, 3.05) is 24.3 Å². The molecule has 16 nitrogen and oxygen atoms in total. The summed E-state index contributed by atoms with van der Waals surface area (Å²) in [5, 5.41) is 32.3. The third-order valence-corrected chi connectivity index (χ3v) is 7.84. The number of hydrogen-bond donors (Lipinski definition) is 2. The number of β-lactam (4-membered cyclic amide) rings is 1. The first-order valence-electron chi connectivity index (χ1n) is 9.77. The summed E-state index contributed by atoms with van der Waals surface area (Å²) in [4.78, 5) is 62.3. The van der Waals surface area contributed by atoms with Crippen molar-refractivity contribution in [2.24, 2.45) is 12.2 Å². The second-order valence-electron chi connectivity index (χ2n) is 7.10. The van der Waals surface area contributed by atoms with Crippen molar-refractivity contribution < 1.29 is 88.5 Å². The molecule has 0 saturated carbocycles. The van der Waals surface area contributed by atoms with Gasteiger partial charge in [-0.2, -0.15) is 19.4 Å². The molecule has 2 aromatic heterocycles. The number of carbonyl (C=O) groups is 3. The van der Waals surface area contributed by atoms with Crippen molar-refractivity contribution in [1.82, 2.24) is 34.3 Å². The van der Waals surface area contributed by atoms with Gasteiger partial charge >= 0.3 is 59.1 Å². The molecule has 0 spiro atoms. The molecule has 0 aromatic carbocycles. The maximum Gasteiger partial charge on any atom is 1.00 e. The predicted octanol–water partition coefficient (Wildman–Crippen LogP) is -9.76. The zero-order chi connectivity index (χ0) is 26.1. The number of nitrogens with zero attached hydrogens (tertiary/aromatic N) is 7. The molecule has 2 atom stereocenters. The van der Waals surface area contributed by atoms with E-state index in [1.165, 1.54) is 25.9 Å². The van der Waals surface area contributed by atoms with Gasteiger partial charge in [-0.25, -0.2) is 4.68 Å². The molecular weight excluding hydrogens is 584 g/mol. The van der Waals surface area contributed by atoms with Gasteiger partial charge < -0.3 is 30.9 Å². The van der Waals surface area contributed by atoms with E-state index in [1.54, 1.807) is 0 Å². The van der Waals surface area contributed by atoms with Gasteiger partial charge in [-0.3, -0.25) is 19.3 Å². The summed E-state index contributed by atoms with van der Waals surface area (Å²) >= 11 is 3.03. The summed E-state index contributed by atoms with van der Waals surface area (Å²) in [6.45, 7) is 0. The minimum Gasteiger partial charge on any atom is -0.854 e. The number of amides is 2. The van der Waals surface area contributed by atoms with Crippen LogP contribution in [0.2, 0.25) is 0 Å².